The number of nitrogens with one attached hydrogen (secondary N) is 1. The van der Waals surface area contributed by atoms with E-state index in [4.69, 9.17) is 0 Å². The van der Waals surface area contributed by atoms with Gasteiger partial charge in [0.1, 0.15) is 11.6 Å². The lowest BCUT2D eigenvalue weighted by atomic mass is 10.1. The first kappa shape index (κ1) is 12.5. The van der Waals surface area contributed by atoms with Gasteiger partial charge in [0.25, 0.3) is 0 Å². The zero-order valence-electron chi connectivity index (χ0n) is 11.4. The van der Waals surface area contributed by atoms with Gasteiger partial charge in [-0.25, -0.2) is 9.97 Å². The fourth-order valence-electron chi connectivity index (χ4n) is 2.00. The van der Waals surface area contributed by atoms with Crippen molar-refractivity contribution >= 4 is 5.82 Å². The summed E-state index contributed by atoms with van der Waals surface area (Å²) in [4.78, 5) is 8.99. The van der Waals surface area contributed by atoms with E-state index in [0.29, 0.717) is 0 Å². The predicted molar refractivity (Wildman–Crippen MR) is 72.6 cm³/mol. The topological polar surface area (TPSA) is 55.6 Å². The van der Waals surface area contributed by atoms with E-state index in [1.807, 2.05) is 30.8 Å². The average Bonchev–Trinajstić information content (AvgIpc) is 2.81. The van der Waals surface area contributed by atoms with Crippen molar-refractivity contribution in [1.82, 2.24) is 19.7 Å². The summed E-state index contributed by atoms with van der Waals surface area (Å²) in [7, 11) is 0. The standard InChI is InChI=1S/C13H19N5/c1-5-14-13-9(3)12(16-10(4)17-13)11-7-8-15-18(11)6-2/h7-8H,5-6H2,1-4H3,(H,14,16,17). The Hall–Kier alpha value is -1.91. The van der Waals surface area contributed by atoms with Gasteiger partial charge in [-0.2, -0.15) is 5.10 Å². The largest absolute Gasteiger partial charge is 0.370 e. The lowest BCUT2D eigenvalue weighted by Crippen LogP contribution is -2.08. The summed E-state index contributed by atoms with van der Waals surface area (Å²) in [6, 6.07) is 1.99. The number of aromatic nitrogens is 4. The number of anilines is 1. The number of hydrogen-bond acceptors (Lipinski definition) is 4. The molecule has 0 aliphatic carbocycles. The fourth-order valence-corrected chi connectivity index (χ4v) is 2.00. The van der Waals surface area contributed by atoms with Gasteiger partial charge in [-0.15, -0.1) is 0 Å². The van der Waals surface area contributed by atoms with Gasteiger partial charge >= 0.3 is 0 Å². The molecule has 0 radical (unpaired) electrons. The molecule has 2 heterocycles. The molecule has 0 atom stereocenters. The van der Waals surface area contributed by atoms with Crippen molar-refractivity contribution in [2.45, 2.75) is 34.2 Å². The van der Waals surface area contributed by atoms with Gasteiger partial charge in [0.2, 0.25) is 0 Å². The summed E-state index contributed by atoms with van der Waals surface area (Å²) >= 11 is 0. The van der Waals surface area contributed by atoms with E-state index < -0.39 is 0 Å². The van der Waals surface area contributed by atoms with Gasteiger partial charge < -0.3 is 5.32 Å². The molecule has 5 nitrogen and oxygen atoms in total. The van der Waals surface area contributed by atoms with Crippen LogP contribution in [0.4, 0.5) is 5.82 Å². The third-order valence-corrected chi connectivity index (χ3v) is 2.86. The van der Waals surface area contributed by atoms with Crippen LogP contribution in [0.3, 0.4) is 0 Å². The van der Waals surface area contributed by atoms with Crippen molar-refractivity contribution in [2.24, 2.45) is 0 Å². The Morgan fingerprint density at radius 3 is 2.67 bits per heavy atom. The van der Waals surface area contributed by atoms with E-state index in [-0.39, 0.29) is 0 Å². The average molecular weight is 245 g/mol. The zero-order chi connectivity index (χ0) is 13.1. The highest BCUT2D eigenvalue weighted by Gasteiger charge is 2.13. The van der Waals surface area contributed by atoms with Gasteiger partial charge in [-0.1, -0.05) is 0 Å². The molecule has 18 heavy (non-hydrogen) atoms. The number of rotatable bonds is 4. The molecule has 0 saturated carbocycles. The maximum absolute atomic E-state index is 4.55. The van der Waals surface area contributed by atoms with Crippen molar-refractivity contribution in [3.05, 3.63) is 23.7 Å². The van der Waals surface area contributed by atoms with Crippen LogP contribution in [-0.4, -0.2) is 26.3 Å². The molecule has 96 valence electrons. The molecule has 2 aromatic heterocycles. The van der Waals surface area contributed by atoms with Gasteiger partial charge in [0.15, 0.2) is 0 Å². The first-order valence-electron chi connectivity index (χ1n) is 6.28. The highest BCUT2D eigenvalue weighted by atomic mass is 15.3. The molecule has 0 amide bonds. The van der Waals surface area contributed by atoms with E-state index >= 15 is 0 Å². The van der Waals surface area contributed by atoms with Crippen molar-refractivity contribution in [1.29, 1.82) is 0 Å². The highest BCUT2D eigenvalue weighted by Crippen LogP contribution is 2.25. The van der Waals surface area contributed by atoms with Crippen LogP contribution < -0.4 is 5.32 Å². The molecule has 0 aromatic carbocycles. The molecule has 0 fully saturated rings. The Morgan fingerprint density at radius 1 is 1.22 bits per heavy atom. The Labute approximate surface area is 107 Å². The van der Waals surface area contributed by atoms with Gasteiger partial charge in [0.05, 0.1) is 11.4 Å². The summed E-state index contributed by atoms with van der Waals surface area (Å²) < 4.78 is 1.95. The van der Waals surface area contributed by atoms with Crippen LogP contribution in [0.1, 0.15) is 25.2 Å². The summed E-state index contributed by atoms with van der Waals surface area (Å²) in [5.41, 5.74) is 3.06. The van der Waals surface area contributed by atoms with Crippen LogP contribution in [0.5, 0.6) is 0 Å². The highest BCUT2D eigenvalue weighted by molar-refractivity contribution is 5.65. The van der Waals surface area contributed by atoms with Crippen molar-refractivity contribution < 1.29 is 0 Å². The zero-order valence-corrected chi connectivity index (χ0v) is 11.4. The van der Waals surface area contributed by atoms with Gasteiger partial charge in [0, 0.05) is 24.8 Å². The van der Waals surface area contributed by atoms with Crippen LogP contribution in [0.2, 0.25) is 0 Å². The Bertz CT molecular complexity index is 544. The van der Waals surface area contributed by atoms with Crippen LogP contribution in [-0.2, 0) is 6.54 Å². The number of hydrogen-bond donors (Lipinski definition) is 1. The minimum atomic E-state index is 0.774. The fraction of sp³-hybridized carbons (Fsp3) is 0.462. The summed E-state index contributed by atoms with van der Waals surface area (Å²) in [5, 5.41) is 7.57. The molecule has 0 unspecified atom stereocenters. The van der Waals surface area contributed by atoms with E-state index in [2.05, 4.69) is 34.2 Å². The summed E-state index contributed by atoms with van der Waals surface area (Å²) in [6.45, 7) is 9.78. The Balaban J connectivity index is 2.57. The molecule has 5 heteroatoms. The molecular weight excluding hydrogens is 226 g/mol. The lowest BCUT2D eigenvalue weighted by Gasteiger charge is -2.12. The quantitative estimate of drug-likeness (QED) is 0.898. The normalized spacial score (nSPS) is 10.7. The summed E-state index contributed by atoms with van der Waals surface area (Å²) in [5.74, 6) is 1.68. The molecule has 0 spiro atoms. The maximum atomic E-state index is 4.55. The smallest absolute Gasteiger partial charge is 0.133 e. The van der Waals surface area contributed by atoms with Crippen LogP contribution >= 0.6 is 0 Å². The first-order valence-corrected chi connectivity index (χ1v) is 6.28. The SMILES string of the molecule is CCNc1nc(C)nc(-c2ccnn2CC)c1C. The molecular formula is C13H19N5. The molecule has 0 aliphatic heterocycles. The molecule has 1 N–H and O–H groups in total. The van der Waals surface area contributed by atoms with Crippen molar-refractivity contribution in [3.63, 3.8) is 0 Å². The molecule has 2 rings (SSSR count). The lowest BCUT2D eigenvalue weighted by molar-refractivity contribution is 0.665. The van der Waals surface area contributed by atoms with Crippen LogP contribution in [0.15, 0.2) is 12.3 Å². The Kier molecular flexibility index (Phi) is 3.60. The van der Waals surface area contributed by atoms with Gasteiger partial charge in [-0.05, 0) is 33.8 Å². The van der Waals surface area contributed by atoms with Crippen molar-refractivity contribution in [3.8, 4) is 11.4 Å². The van der Waals surface area contributed by atoms with Crippen LogP contribution in [0.25, 0.3) is 11.4 Å². The van der Waals surface area contributed by atoms with E-state index in [1.54, 1.807) is 0 Å². The summed E-state index contributed by atoms with van der Waals surface area (Å²) in [6.07, 6.45) is 1.81. The molecule has 0 aliphatic rings. The molecule has 2 aromatic rings. The van der Waals surface area contributed by atoms with Crippen LogP contribution in [0, 0.1) is 13.8 Å². The van der Waals surface area contributed by atoms with Crippen molar-refractivity contribution in [2.75, 3.05) is 11.9 Å². The second-order valence-electron chi connectivity index (χ2n) is 4.16. The minimum Gasteiger partial charge on any atom is -0.370 e. The second-order valence-corrected chi connectivity index (χ2v) is 4.16. The Morgan fingerprint density at radius 2 is 2.00 bits per heavy atom. The second kappa shape index (κ2) is 5.16. The maximum Gasteiger partial charge on any atom is 0.133 e. The van der Waals surface area contributed by atoms with E-state index in [0.717, 1.165) is 41.7 Å². The van der Waals surface area contributed by atoms with E-state index in [1.165, 1.54) is 0 Å². The molecule has 0 bridgehead atoms. The third kappa shape index (κ3) is 2.20. The monoisotopic (exact) mass is 245 g/mol. The van der Waals surface area contributed by atoms with E-state index in [9.17, 15) is 0 Å². The predicted octanol–water partition coefficient (Wildman–Crippen LogP) is 2.41. The number of nitrogens with zero attached hydrogens (tertiary/aromatic N) is 4. The third-order valence-electron chi connectivity index (χ3n) is 2.86. The van der Waals surface area contributed by atoms with Gasteiger partial charge in [-0.3, -0.25) is 4.68 Å². The first-order chi connectivity index (χ1) is 8.67. The minimum absolute atomic E-state index is 0.774. The molecule has 0 saturated heterocycles. The number of aryl methyl sites for hydroxylation is 2.